The molecule has 0 unspecified atom stereocenters. The molecule has 0 aliphatic carbocycles. The first-order valence-electron chi connectivity index (χ1n) is 5.37. The lowest BCUT2D eigenvalue weighted by molar-refractivity contribution is -0.274. The van der Waals surface area contributed by atoms with Gasteiger partial charge in [-0.1, -0.05) is 42.0 Å². The molecule has 0 saturated heterocycles. The molecule has 2 aromatic rings. The van der Waals surface area contributed by atoms with Crippen LogP contribution in [0.1, 0.15) is 5.56 Å². The molecule has 0 N–H and O–H groups in total. The fourth-order valence-electron chi connectivity index (χ4n) is 1.60. The summed E-state index contributed by atoms with van der Waals surface area (Å²) in [5.41, 5.74) is 2.94. The minimum atomic E-state index is -4.65. The van der Waals surface area contributed by atoms with E-state index in [0.29, 0.717) is 0 Å². The summed E-state index contributed by atoms with van der Waals surface area (Å²) in [5, 5.41) is 0. The largest absolute Gasteiger partial charge is 0.573 e. The molecule has 0 heterocycles. The predicted octanol–water partition coefficient (Wildman–Crippen LogP) is 4.56. The van der Waals surface area contributed by atoms with Gasteiger partial charge in [0.15, 0.2) is 0 Å². The van der Waals surface area contributed by atoms with E-state index in [0.717, 1.165) is 16.7 Å². The van der Waals surface area contributed by atoms with Crippen LogP contribution in [-0.2, 0) is 0 Å². The number of ether oxygens (including phenoxy) is 1. The maximum absolute atomic E-state index is 12.0. The van der Waals surface area contributed by atoms with Gasteiger partial charge in [-0.05, 0) is 30.2 Å². The molecule has 4 heteroatoms. The van der Waals surface area contributed by atoms with E-state index >= 15 is 0 Å². The van der Waals surface area contributed by atoms with Gasteiger partial charge in [0, 0.05) is 0 Å². The van der Waals surface area contributed by atoms with Crippen molar-refractivity contribution >= 4 is 0 Å². The van der Waals surface area contributed by atoms with Crippen molar-refractivity contribution in [1.82, 2.24) is 0 Å². The topological polar surface area (TPSA) is 9.23 Å². The lowest BCUT2D eigenvalue weighted by atomic mass is 10.0. The third kappa shape index (κ3) is 3.26. The van der Waals surface area contributed by atoms with E-state index in [-0.39, 0.29) is 5.75 Å². The van der Waals surface area contributed by atoms with Crippen molar-refractivity contribution in [2.45, 2.75) is 13.3 Å². The molecule has 0 bridgehead atoms. The lowest BCUT2D eigenvalue weighted by Gasteiger charge is -2.09. The molecule has 0 radical (unpaired) electrons. The van der Waals surface area contributed by atoms with Crippen molar-refractivity contribution in [3.63, 3.8) is 0 Å². The van der Waals surface area contributed by atoms with Crippen LogP contribution in [0.25, 0.3) is 11.1 Å². The third-order valence-electron chi connectivity index (χ3n) is 2.47. The lowest BCUT2D eigenvalue weighted by Crippen LogP contribution is -2.16. The van der Waals surface area contributed by atoms with Crippen LogP contribution >= 0.6 is 0 Å². The summed E-state index contributed by atoms with van der Waals surface area (Å²) in [4.78, 5) is 0. The number of aryl methyl sites for hydroxylation is 1. The van der Waals surface area contributed by atoms with Gasteiger partial charge in [0.1, 0.15) is 5.75 Å². The zero-order valence-electron chi connectivity index (χ0n) is 9.66. The molecule has 0 spiro atoms. The van der Waals surface area contributed by atoms with Crippen LogP contribution in [0, 0.1) is 6.92 Å². The molecule has 0 fully saturated rings. The second-order valence-electron chi connectivity index (χ2n) is 3.94. The Kier molecular flexibility index (Phi) is 3.28. The first-order chi connectivity index (χ1) is 8.44. The van der Waals surface area contributed by atoms with E-state index in [4.69, 9.17) is 0 Å². The Morgan fingerprint density at radius 3 is 1.67 bits per heavy atom. The van der Waals surface area contributed by atoms with E-state index < -0.39 is 6.36 Å². The van der Waals surface area contributed by atoms with E-state index in [2.05, 4.69) is 4.74 Å². The predicted molar refractivity (Wildman–Crippen MR) is 63.3 cm³/mol. The molecule has 94 valence electrons. The number of alkyl halides is 3. The molecular weight excluding hydrogens is 241 g/mol. The van der Waals surface area contributed by atoms with Crippen molar-refractivity contribution in [2.24, 2.45) is 0 Å². The maximum atomic E-state index is 12.0. The average molecular weight is 252 g/mol. The molecule has 0 aliphatic rings. The Balaban J connectivity index is 2.20. The Morgan fingerprint density at radius 2 is 1.22 bits per heavy atom. The van der Waals surface area contributed by atoms with Crippen molar-refractivity contribution in [1.29, 1.82) is 0 Å². The van der Waals surface area contributed by atoms with Crippen molar-refractivity contribution in [3.05, 3.63) is 54.1 Å². The van der Waals surface area contributed by atoms with Crippen LogP contribution in [-0.4, -0.2) is 6.36 Å². The summed E-state index contributed by atoms with van der Waals surface area (Å²) in [6.45, 7) is 1.98. The molecule has 2 rings (SSSR count). The number of halogens is 3. The summed E-state index contributed by atoms with van der Waals surface area (Å²) in [7, 11) is 0. The van der Waals surface area contributed by atoms with Crippen molar-refractivity contribution in [3.8, 4) is 16.9 Å². The molecule has 0 atom stereocenters. The molecule has 0 amide bonds. The van der Waals surface area contributed by atoms with Gasteiger partial charge in [0.25, 0.3) is 0 Å². The number of benzene rings is 2. The molecule has 0 aliphatic heterocycles. The summed E-state index contributed by atoms with van der Waals surface area (Å²) >= 11 is 0. The highest BCUT2D eigenvalue weighted by Gasteiger charge is 2.30. The Hall–Kier alpha value is -1.97. The second-order valence-corrected chi connectivity index (χ2v) is 3.94. The first kappa shape index (κ1) is 12.5. The standard InChI is InChI=1S/C14H11F3O/c1-10-2-4-11(5-3-10)12-6-8-13(9-7-12)18-14(15,16)17/h2-9H,1H3. The van der Waals surface area contributed by atoms with Gasteiger partial charge < -0.3 is 4.74 Å². The van der Waals surface area contributed by atoms with Crippen LogP contribution in [0.5, 0.6) is 5.75 Å². The van der Waals surface area contributed by atoms with Gasteiger partial charge in [-0.2, -0.15) is 0 Å². The minimum absolute atomic E-state index is 0.210. The Labute approximate surface area is 103 Å². The summed E-state index contributed by atoms with van der Waals surface area (Å²) in [5.74, 6) is -0.210. The van der Waals surface area contributed by atoms with Gasteiger partial charge in [0.05, 0.1) is 0 Å². The zero-order valence-corrected chi connectivity index (χ0v) is 9.66. The smallest absolute Gasteiger partial charge is 0.406 e. The SMILES string of the molecule is Cc1ccc(-c2ccc(OC(F)(F)F)cc2)cc1. The van der Waals surface area contributed by atoms with Gasteiger partial charge >= 0.3 is 6.36 Å². The van der Waals surface area contributed by atoms with Crippen LogP contribution in [0.15, 0.2) is 48.5 Å². The molecule has 0 saturated carbocycles. The highest BCUT2D eigenvalue weighted by Crippen LogP contribution is 2.26. The van der Waals surface area contributed by atoms with Gasteiger partial charge in [-0.25, -0.2) is 0 Å². The highest BCUT2D eigenvalue weighted by atomic mass is 19.4. The summed E-state index contributed by atoms with van der Waals surface area (Å²) < 4.78 is 39.8. The average Bonchev–Trinajstić information content (AvgIpc) is 2.29. The molecule has 18 heavy (non-hydrogen) atoms. The monoisotopic (exact) mass is 252 g/mol. The molecule has 0 aromatic heterocycles. The first-order valence-corrected chi connectivity index (χ1v) is 5.37. The Bertz CT molecular complexity index is 512. The van der Waals surface area contributed by atoms with Crippen LogP contribution in [0.4, 0.5) is 13.2 Å². The van der Waals surface area contributed by atoms with Crippen LogP contribution in [0.3, 0.4) is 0 Å². The van der Waals surface area contributed by atoms with E-state index in [1.54, 1.807) is 12.1 Å². The molecular formula is C14H11F3O. The van der Waals surface area contributed by atoms with Gasteiger partial charge in [-0.3, -0.25) is 0 Å². The fourth-order valence-corrected chi connectivity index (χ4v) is 1.60. The summed E-state index contributed by atoms with van der Waals surface area (Å²) in [6.07, 6.45) is -4.65. The van der Waals surface area contributed by atoms with E-state index in [1.165, 1.54) is 12.1 Å². The Morgan fingerprint density at radius 1 is 0.778 bits per heavy atom. The third-order valence-corrected chi connectivity index (χ3v) is 2.47. The van der Waals surface area contributed by atoms with E-state index in [1.807, 2.05) is 31.2 Å². The number of hydrogen-bond acceptors (Lipinski definition) is 1. The van der Waals surface area contributed by atoms with Crippen LogP contribution < -0.4 is 4.74 Å². The van der Waals surface area contributed by atoms with Crippen molar-refractivity contribution in [2.75, 3.05) is 0 Å². The van der Waals surface area contributed by atoms with Gasteiger partial charge in [-0.15, -0.1) is 13.2 Å². The van der Waals surface area contributed by atoms with Crippen LogP contribution in [0.2, 0.25) is 0 Å². The summed E-state index contributed by atoms with van der Waals surface area (Å²) in [6, 6.07) is 13.6. The minimum Gasteiger partial charge on any atom is -0.406 e. The highest BCUT2D eigenvalue weighted by molar-refractivity contribution is 5.64. The maximum Gasteiger partial charge on any atom is 0.573 e. The van der Waals surface area contributed by atoms with Crippen molar-refractivity contribution < 1.29 is 17.9 Å². The quantitative estimate of drug-likeness (QED) is 0.761. The normalized spacial score (nSPS) is 11.3. The molecule has 1 nitrogen and oxygen atoms in total. The van der Waals surface area contributed by atoms with E-state index in [9.17, 15) is 13.2 Å². The fraction of sp³-hybridized carbons (Fsp3) is 0.143. The zero-order chi connectivity index (χ0) is 13.2. The van der Waals surface area contributed by atoms with Gasteiger partial charge in [0.2, 0.25) is 0 Å². The molecule has 2 aromatic carbocycles. The number of rotatable bonds is 2. The number of hydrogen-bond donors (Lipinski definition) is 0. The second kappa shape index (κ2) is 4.72.